The van der Waals surface area contributed by atoms with Gasteiger partial charge in [-0.25, -0.2) is 4.39 Å². The van der Waals surface area contributed by atoms with Gasteiger partial charge in [0.2, 0.25) is 0 Å². The number of hydrogen-bond acceptors (Lipinski definition) is 2. The second-order valence-corrected chi connectivity index (χ2v) is 5.63. The van der Waals surface area contributed by atoms with Crippen LogP contribution in [0.2, 0.25) is 0 Å². The summed E-state index contributed by atoms with van der Waals surface area (Å²) in [5.41, 5.74) is 0.884. The molecule has 114 valence electrons. The molecule has 1 aromatic rings. The Morgan fingerprint density at radius 3 is 2.45 bits per heavy atom. The predicted octanol–water partition coefficient (Wildman–Crippen LogP) is 4.70. The number of halogens is 1. The molecule has 3 atom stereocenters. The van der Waals surface area contributed by atoms with Crippen molar-refractivity contribution in [2.45, 2.75) is 59.0 Å². The van der Waals surface area contributed by atoms with E-state index in [2.05, 4.69) is 33.0 Å². The third-order valence-electron chi connectivity index (χ3n) is 4.02. The van der Waals surface area contributed by atoms with Gasteiger partial charge in [-0.15, -0.1) is 0 Å². The number of rotatable bonds is 8. The van der Waals surface area contributed by atoms with Crippen LogP contribution in [0.5, 0.6) is 5.75 Å². The summed E-state index contributed by atoms with van der Waals surface area (Å²) in [4.78, 5) is 0. The van der Waals surface area contributed by atoms with Crippen LogP contribution in [0.1, 0.15) is 58.6 Å². The number of benzene rings is 1. The van der Waals surface area contributed by atoms with E-state index in [0.717, 1.165) is 24.2 Å². The summed E-state index contributed by atoms with van der Waals surface area (Å²) in [6.45, 7) is 8.75. The Kier molecular flexibility index (Phi) is 7.00. The summed E-state index contributed by atoms with van der Waals surface area (Å²) in [6.07, 6.45) is 3.41. The summed E-state index contributed by atoms with van der Waals surface area (Å²) < 4.78 is 18.8. The summed E-state index contributed by atoms with van der Waals surface area (Å²) in [7, 11) is 1.62. The highest BCUT2D eigenvalue weighted by molar-refractivity contribution is 5.36. The molecule has 0 spiro atoms. The van der Waals surface area contributed by atoms with Gasteiger partial charge in [-0.05, 0) is 43.9 Å². The molecule has 0 bridgehead atoms. The zero-order valence-corrected chi connectivity index (χ0v) is 13.4. The van der Waals surface area contributed by atoms with E-state index < -0.39 is 0 Å². The normalized spacial score (nSPS) is 15.7. The lowest BCUT2D eigenvalue weighted by Gasteiger charge is -2.26. The molecule has 0 radical (unpaired) electrons. The van der Waals surface area contributed by atoms with E-state index in [1.165, 1.54) is 12.5 Å². The first kappa shape index (κ1) is 17.0. The fourth-order valence-electron chi connectivity index (χ4n) is 2.49. The molecule has 0 aliphatic rings. The Morgan fingerprint density at radius 1 is 1.20 bits per heavy atom. The SMILES string of the molecule is CCC(C)CC(CC)NC(C)c1cc(F)ccc1OC. The van der Waals surface area contributed by atoms with Crippen LogP contribution in [0, 0.1) is 11.7 Å². The lowest BCUT2D eigenvalue weighted by atomic mass is 9.96. The summed E-state index contributed by atoms with van der Waals surface area (Å²) >= 11 is 0. The molecule has 0 heterocycles. The van der Waals surface area contributed by atoms with Crippen molar-refractivity contribution in [2.24, 2.45) is 5.92 Å². The molecular formula is C17H28FNO. The number of ether oxygens (including phenoxy) is 1. The van der Waals surface area contributed by atoms with Gasteiger partial charge in [0.25, 0.3) is 0 Å². The van der Waals surface area contributed by atoms with Crippen LogP contribution in [-0.4, -0.2) is 13.2 Å². The van der Waals surface area contributed by atoms with Gasteiger partial charge in [-0.3, -0.25) is 0 Å². The van der Waals surface area contributed by atoms with Crippen molar-refractivity contribution >= 4 is 0 Å². The number of nitrogens with one attached hydrogen (secondary N) is 1. The highest BCUT2D eigenvalue weighted by Crippen LogP contribution is 2.27. The maximum absolute atomic E-state index is 13.4. The highest BCUT2D eigenvalue weighted by Gasteiger charge is 2.17. The predicted molar refractivity (Wildman–Crippen MR) is 82.7 cm³/mol. The molecule has 3 unspecified atom stereocenters. The first-order chi connectivity index (χ1) is 9.51. The number of hydrogen-bond donors (Lipinski definition) is 1. The molecule has 0 saturated carbocycles. The van der Waals surface area contributed by atoms with Gasteiger partial charge in [0.15, 0.2) is 0 Å². The molecule has 0 aliphatic carbocycles. The number of methoxy groups -OCH3 is 1. The van der Waals surface area contributed by atoms with Gasteiger partial charge in [0, 0.05) is 17.6 Å². The Hall–Kier alpha value is -1.09. The van der Waals surface area contributed by atoms with Gasteiger partial charge in [0.05, 0.1) is 7.11 Å². The zero-order valence-electron chi connectivity index (χ0n) is 13.4. The Balaban J connectivity index is 2.78. The van der Waals surface area contributed by atoms with Crippen molar-refractivity contribution in [2.75, 3.05) is 7.11 Å². The van der Waals surface area contributed by atoms with Crippen LogP contribution in [0.3, 0.4) is 0 Å². The van der Waals surface area contributed by atoms with E-state index >= 15 is 0 Å². The van der Waals surface area contributed by atoms with Crippen molar-refractivity contribution in [1.82, 2.24) is 5.32 Å². The zero-order chi connectivity index (χ0) is 15.1. The van der Waals surface area contributed by atoms with Crippen molar-refractivity contribution in [3.8, 4) is 5.75 Å². The average Bonchev–Trinajstić information content (AvgIpc) is 2.45. The van der Waals surface area contributed by atoms with Gasteiger partial charge in [-0.2, -0.15) is 0 Å². The first-order valence-corrected chi connectivity index (χ1v) is 7.61. The standard InChI is InChI=1S/C17H28FNO/c1-6-12(3)10-15(7-2)19-13(4)16-11-14(18)8-9-17(16)20-5/h8-9,11-13,15,19H,6-7,10H2,1-5H3. The minimum absolute atomic E-state index is 0.0784. The van der Waals surface area contributed by atoms with Crippen LogP contribution in [0.4, 0.5) is 4.39 Å². The van der Waals surface area contributed by atoms with Crippen LogP contribution in [-0.2, 0) is 0 Å². The molecular weight excluding hydrogens is 253 g/mol. The molecule has 1 aromatic carbocycles. The third kappa shape index (κ3) is 4.78. The van der Waals surface area contributed by atoms with Crippen LogP contribution >= 0.6 is 0 Å². The molecule has 0 aromatic heterocycles. The van der Waals surface area contributed by atoms with Crippen LogP contribution in [0.25, 0.3) is 0 Å². The van der Waals surface area contributed by atoms with E-state index in [1.54, 1.807) is 19.2 Å². The van der Waals surface area contributed by atoms with E-state index in [1.807, 2.05) is 0 Å². The van der Waals surface area contributed by atoms with Crippen molar-refractivity contribution in [3.63, 3.8) is 0 Å². The Morgan fingerprint density at radius 2 is 1.90 bits per heavy atom. The maximum Gasteiger partial charge on any atom is 0.123 e. The molecule has 20 heavy (non-hydrogen) atoms. The van der Waals surface area contributed by atoms with Crippen LogP contribution in [0.15, 0.2) is 18.2 Å². The fraction of sp³-hybridized carbons (Fsp3) is 0.647. The fourth-order valence-corrected chi connectivity index (χ4v) is 2.49. The highest BCUT2D eigenvalue weighted by atomic mass is 19.1. The molecule has 0 saturated heterocycles. The van der Waals surface area contributed by atoms with Crippen molar-refractivity contribution in [1.29, 1.82) is 0 Å². The van der Waals surface area contributed by atoms with Crippen LogP contribution < -0.4 is 10.1 Å². The quantitative estimate of drug-likeness (QED) is 0.745. The monoisotopic (exact) mass is 281 g/mol. The molecule has 1 N–H and O–H groups in total. The summed E-state index contributed by atoms with van der Waals surface area (Å²) in [5.74, 6) is 1.23. The maximum atomic E-state index is 13.4. The minimum Gasteiger partial charge on any atom is -0.496 e. The van der Waals surface area contributed by atoms with Gasteiger partial charge in [-0.1, -0.05) is 27.2 Å². The molecule has 3 heteroatoms. The molecule has 2 nitrogen and oxygen atoms in total. The Labute approximate surface area is 122 Å². The van der Waals surface area contributed by atoms with Crippen molar-refractivity contribution in [3.05, 3.63) is 29.6 Å². The minimum atomic E-state index is -0.218. The molecule has 1 rings (SSSR count). The van der Waals surface area contributed by atoms with E-state index in [0.29, 0.717) is 12.0 Å². The van der Waals surface area contributed by atoms with E-state index in [9.17, 15) is 4.39 Å². The second kappa shape index (κ2) is 8.25. The largest absolute Gasteiger partial charge is 0.496 e. The third-order valence-corrected chi connectivity index (χ3v) is 4.02. The van der Waals surface area contributed by atoms with Gasteiger partial charge >= 0.3 is 0 Å². The van der Waals surface area contributed by atoms with Gasteiger partial charge < -0.3 is 10.1 Å². The van der Waals surface area contributed by atoms with Crippen molar-refractivity contribution < 1.29 is 9.13 Å². The summed E-state index contributed by atoms with van der Waals surface area (Å²) in [5, 5.41) is 3.60. The van der Waals surface area contributed by atoms with E-state index in [-0.39, 0.29) is 11.9 Å². The average molecular weight is 281 g/mol. The smallest absolute Gasteiger partial charge is 0.123 e. The Bertz CT molecular complexity index is 408. The van der Waals surface area contributed by atoms with Gasteiger partial charge in [0.1, 0.15) is 11.6 Å². The lowest BCUT2D eigenvalue weighted by Crippen LogP contribution is -2.32. The lowest BCUT2D eigenvalue weighted by molar-refractivity contribution is 0.349. The topological polar surface area (TPSA) is 21.3 Å². The first-order valence-electron chi connectivity index (χ1n) is 7.61. The summed E-state index contributed by atoms with van der Waals surface area (Å²) in [6, 6.07) is 5.22. The second-order valence-electron chi connectivity index (χ2n) is 5.63. The molecule has 0 fully saturated rings. The molecule has 0 aliphatic heterocycles. The van der Waals surface area contributed by atoms with E-state index in [4.69, 9.17) is 4.74 Å². The molecule has 0 amide bonds.